The molecule has 174 valence electrons. The van der Waals surface area contributed by atoms with Crippen LogP contribution in [0.3, 0.4) is 0 Å². The first kappa shape index (κ1) is 26.1. The van der Waals surface area contributed by atoms with Crippen molar-refractivity contribution >= 4 is 23.6 Å². The standard InChI is InChI=1S/C23H26FN5O4.Na/c24-19-13-15(4-5-20(19)27-23(33)26-17-2-1-3-17)21(30)29-10-8-28(9-11-29)14-18-12-16(22(31)32)6-7-25-18;/h4-7,12-13,17H,1-3,8-11,14H2,(H,31,32)(H2,26,27,33);/q;+1/p-1. The number of nitrogens with one attached hydrogen (secondary N) is 2. The summed E-state index contributed by atoms with van der Waals surface area (Å²) in [4.78, 5) is 43.7. The maximum Gasteiger partial charge on any atom is 1.00 e. The number of carbonyl (C=O) groups is 3. The summed E-state index contributed by atoms with van der Waals surface area (Å²) in [6.07, 6.45) is 4.37. The average Bonchev–Trinajstić information content (AvgIpc) is 2.78. The SMILES string of the molecule is O=C(Nc1ccc(C(=O)N2CCN(Cc3cc(C(=O)[O-])ccn3)CC2)cc1F)NC1CCC1.[Na+]. The number of anilines is 1. The quantitative estimate of drug-likeness (QED) is 0.475. The van der Waals surface area contributed by atoms with E-state index in [9.17, 15) is 23.9 Å². The van der Waals surface area contributed by atoms with E-state index in [1.807, 2.05) is 0 Å². The average molecular weight is 477 g/mol. The van der Waals surface area contributed by atoms with Gasteiger partial charge in [-0.25, -0.2) is 9.18 Å². The number of piperazine rings is 1. The number of carboxylic acids is 1. The van der Waals surface area contributed by atoms with E-state index in [1.54, 1.807) is 4.90 Å². The molecule has 1 aliphatic heterocycles. The summed E-state index contributed by atoms with van der Waals surface area (Å²) in [5, 5.41) is 16.3. The van der Waals surface area contributed by atoms with Crippen molar-refractivity contribution in [3.8, 4) is 0 Å². The van der Waals surface area contributed by atoms with Crippen molar-refractivity contribution in [2.45, 2.75) is 31.8 Å². The summed E-state index contributed by atoms with van der Waals surface area (Å²) >= 11 is 0. The van der Waals surface area contributed by atoms with Gasteiger partial charge in [-0.15, -0.1) is 0 Å². The molecule has 1 aliphatic carbocycles. The molecule has 2 aliphatic rings. The van der Waals surface area contributed by atoms with Crippen LogP contribution in [-0.2, 0) is 6.54 Å². The molecule has 0 radical (unpaired) electrons. The molecule has 2 heterocycles. The van der Waals surface area contributed by atoms with Crippen molar-refractivity contribution in [2.24, 2.45) is 0 Å². The van der Waals surface area contributed by atoms with Crippen LogP contribution in [0.15, 0.2) is 36.5 Å². The van der Waals surface area contributed by atoms with Crippen LogP contribution >= 0.6 is 0 Å². The number of hydrogen-bond donors (Lipinski definition) is 2. The second kappa shape index (κ2) is 11.7. The fourth-order valence-electron chi connectivity index (χ4n) is 3.86. The molecule has 2 aromatic rings. The molecule has 2 N–H and O–H groups in total. The molecule has 4 rings (SSSR count). The number of aromatic carboxylic acids is 1. The Kier molecular flexibility index (Phi) is 9.01. The zero-order chi connectivity index (χ0) is 23.4. The number of nitrogens with zero attached hydrogens (tertiary/aromatic N) is 3. The number of rotatable bonds is 6. The molecule has 1 saturated heterocycles. The van der Waals surface area contributed by atoms with Crippen molar-refractivity contribution in [2.75, 3.05) is 31.5 Å². The number of carboxylic acid groups (broad SMARTS) is 1. The smallest absolute Gasteiger partial charge is 0.545 e. The normalized spacial score (nSPS) is 16.2. The fraction of sp³-hybridized carbons (Fsp3) is 0.391. The van der Waals surface area contributed by atoms with Crippen LogP contribution in [-0.4, -0.2) is 64.9 Å². The van der Waals surface area contributed by atoms with Crippen LogP contribution in [0.25, 0.3) is 0 Å². The Morgan fingerprint density at radius 2 is 1.79 bits per heavy atom. The molecule has 0 atom stereocenters. The number of benzene rings is 1. The summed E-state index contributed by atoms with van der Waals surface area (Å²) in [6.45, 7) is 2.51. The summed E-state index contributed by atoms with van der Waals surface area (Å²) in [7, 11) is 0. The molecule has 0 bridgehead atoms. The van der Waals surface area contributed by atoms with E-state index in [2.05, 4.69) is 20.5 Å². The summed E-state index contributed by atoms with van der Waals surface area (Å²) in [6, 6.07) is 6.60. The minimum Gasteiger partial charge on any atom is -0.545 e. The van der Waals surface area contributed by atoms with E-state index < -0.39 is 17.8 Å². The largest absolute Gasteiger partial charge is 1.00 e. The van der Waals surface area contributed by atoms with Crippen LogP contribution in [0.4, 0.5) is 14.9 Å². The van der Waals surface area contributed by atoms with Crippen molar-refractivity contribution in [1.29, 1.82) is 0 Å². The molecule has 0 spiro atoms. The van der Waals surface area contributed by atoms with Gasteiger partial charge in [0, 0.05) is 56.1 Å². The molecule has 1 saturated carbocycles. The van der Waals surface area contributed by atoms with E-state index in [-0.39, 0.29) is 58.3 Å². The third kappa shape index (κ3) is 6.53. The van der Waals surface area contributed by atoms with Gasteiger partial charge in [0.1, 0.15) is 5.82 Å². The molecule has 2 fully saturated rings. The topological polar surface area (TPSA) is 118 Å². The maximum atomic E-state index is 14.5. The van der Waals surface area contributed by atoms with Crippen molar-refractivity contribution in [3.63, 3.8) is 0 Å². The Morgan fingerprint density at radius 1 is 1.06 bits per heavy atom. The molecule has 1 aromatic heterocycles. The summed E-state index contributed by atoms with van der Waals surface area (Å²) in [5.41, 5.74) is 0.936. The van der Waals surface area contributed by atoms with Gasteiger partial charge in [-0.05, 0) is 49.6 Å². The number of amides is 3. The van der Waals surface area contributed by atoms with Crippen molar-refractivity contribution in [1.82, 2.24) is 20.1 Å². The predicted octanol–water partition coefficient (Wildman–Crippen LogP) is -1.78. The number of hydrogen-bond acceptors (Lipinski definition) is 6. The van der Waals surface area contributed by atoms with Crippen LogP contribution in [0.5, 0.6) is 0 Å². The fourth-order valence-corrected chi connectivity index (χ4v) is 3.86. The van der Waals surface area contributed by atoms with Gasteiger partial charge < -0.3 is 25.4 Å². The molecule has 11 heteroatoms. The van der Waals surface area contributed by atoms with Gasteiger partial charge in [0.05, 0.1) is 17.4 Å². The molecular formula is C23H25FN5NaO4. The van der Waals surface area contributed by atoms with Crippen LogP contribution in [0, 0.1) is 5.82 Å². The van der Waals surface area contributed by atoms with Gasteiger partial charge in [-0.3, -0.25) is 14.7 Å². The number of carbonyl (C=O) groups excluding carboxylic acids is 3. The van der Waals surface area contributed by atoms with Crippen molar-refractivity contribution in [3.05, 3.63) is 59.2 Å². The first-order valence-electron chi connectivity index (χ1n) is 10.9. The molecule has 0 unspecified atom stereocenters. The van der Waals surface area contributed by atoms with E-state index in [1.165, 1.54) is 30.5 Å². The van der Waals surface area contributed by atoms with E-state index in [0.29, 0.717) is 38.4 Å². The minimum atomic E-state index is -1.25. The van der Waals surface area contributed by atoms with Gasteiger partial charge in [0.25, 0.3) is 5.91 Å². The Labute approximate surface area is 219 Å². The Hall–Kier alpha value is -2.53. The summed E-state index contributed by atoms with van der Waals surface area (Å²) in [5.74, 6) is -2.19. The predicted molar refractivity (Wildman–Crippen MR) is 116 cm³/mol. The van der Waals surface area contributed by atoms with Gasteiger partial charge in [-0.1, -0.05) is 0 Å². The van der Waals surface area contributed by atoms with E-state index in [4.69, 9.17) is 0 Å². The molecule has 34 heavy (non-hydrogen) atoms. The third-order valence-corrected chi connectivity index (χ3v) is 6.00. The van der Waals surface area contributed by atoms with E-state index in [0.717, 1.165) is 25.3 Å². The zero-order valence-corrected chi connectivity index (χ0v) is 21.1. The number of pyridine rings is 1. The molecule has 9 nitrogen and oxygen atoms in total. The number of urea groups is 1. The van der Waals surface area contributed by atoms with E-state index >= 15 is 0 Å². The molecule has 3 amide bonds. The number of halogens is 1. The second-order valence-corrected chi connectivity index (χ2v) is 8.31. The van der Waals surface area contributed by atoms with Gasteiger partial charge in [0.15, 0.2) is 0 Å². The molecular weight excluding hydrogens is 452 g/mol. The third-order valence-electron chi connectivity index (χ3n) is 6.00. The monoisotopic (exact) mass is 477 g/mol. The van der Waals surface area contributed by atoms with Crippen LogP contribution in [0.1, 0.15) is 45.7 Å². The van der Waals surface area contributed by atoms with Crippen molar-refractivity contribution < 1.29 is 53.4 Å². The van der Waals surface area contributed by atoms with Gasteiger partial charge in [0.2, 0.25) is 0 Å². The Bertz CT molecular complexity index is 1060. The zero-order valence-electron chi connectivity index (χ0n) is 19.1. The second-order valence-electron chi connectivity index (χ2n) is 8.31. The summed E-state index contributed by atoms with van der Waals surface area (Å²) < 4.78 is 14.5. The van der Waals surface area contributed by atoms with Gasteiger partial charge >= 0.3 is 35.6 Å². The van der Waals surface area contributed by atoms with Crippen LogP contribution < -0.4 is 45.3 Å². The first-order chi connectivity index (χ1) is 15.9. The van der Waals surface area contributed by atoms with Gasteiger partial charge in [-0.2, -0.15) is 0 Å². The first-order valence-corrected chi connectivity index (χ1v) is 10.9. The number of aromatic nitrogens is 1. The Balaban J connectivity index is 0.00000324. The maximum absolute atomic E-state index is 14.5. The van der Waals surface area contributed by atoms with Crippen LogP contribution in [0.2, 0.25) is 0 Å². The minimum absolute atomic E-state index is 0. The molecule has 1 aromatic carbocycles. The Morgan fingerprint density at radius 3 is 2.41 bits per heavy atom.